The molecule has 0 radical (unpaired) electrons. The van der Waals surface area contributed by atoms with Crippen LogP contribution in [-0.4, -0.2) is 46.2 Å². The molecule has 2 saturated carbocycles. The Kier molecular flexibility index (Phi) is 3.55. The highest BCUT2D eigenvalue weighted by molar-refractivity contribution is 5.67. The molecule has 0 aromatic rings. The van der Waals surface area contributed by atoms with E-state index < -0.39 is 23.4 Å². The van der Waals surface area contributed by atoms with E-state index >= 15 is 0 Å². The largest absolute Gasteiger partial charge is 0.456 e. The molecule has 20 heavy (non-hydrogen) atoms. The average Bonchev–Trinajstić information content (AvgIpc) is 2.36. The van der Waals surface area contributed by atoms with Crippen molar-refractivity contribution in [1.29, 1.82) is 0 Å². The summed E-state index contributed by atoms with van der Waals surface area (Å²) in [5, 5.41) is 21.2. The molecule has 0 bridgehead atoms. The first-order valence-corrected chi connectivity index (χ1v) is 7.73. The zero-order valence-corrected chi connectivity index (χ0v) is 12.0. The Morgan fingerprint density at radius 3 is 2.75 bits per heavy atom. The number of aliphatic hydroxyl groups is 2. The van der Waals surface area contributed by atoms with Gasteiger partial charge in [-0.3, -0.25) is 4.79 Å². The molecule has 5 atom stereocenters. The Morgan fingerprint density at radius 2 is 2.00 bits per heavy atom. The monoisotopic (exact) mass is 284 g/mol. The Balaban J connectivity index is 1.94. The molecule has 1 saturated heterocycles. The standard InChI is InChI=1S/C15H24O5/c1-10(16)20-14-8-5-3-2-4-6-11(14)15(18)12(17)7-9-19-13(14)15/h11-13,17-18H,2-9H2,1H3/t11-,12+,13+,14+,15+/m0/s1. The molecular weight excluding hydrogens is 260 g/mol. The molecule has 3 fully saturated rings. The van der Waals surface area contributed by atoms with Gasteiger partial charge in [0.05, 0.1) is 6.10 Å². The summed E-state index contributed by atoms with van der Waals surface area (Å²) < 4.78 is 11.4. The first kappa shape index (κ1) is 14.3. The van der Waals surface area contributed by atoms with Crippen molar-refractivity contribution in [2.75, 3.05) is 6.61 Å². The minimum absolute atomic E-state index is 0.209. The number of hydrogen-bond acceptors (Lipinski definition) is 5. The van der Waals surface area contributed by atoms with Crippen LogP contribution in [0.4, 0.5) is 0 Å². The van der Waals surface area contributed by atoms with Crippen LogP contribution in [0.15, 0.2) is 0 Å². The van der Waals surface area contributed by atoms with E-state index in [-0.39, 0.29) is 11.9 Å². The molecular formula is C15H24O5. The van der Waals surface area contributed by atoms with Gasteiger partial charge >= 0.3 is 5.97 Å². The van der Waals surface area contributed by atoms with Crippen molar-refractivity contribution in [3.05, 3.63) is 0 Å². The van der Waals surface area contributed by atoms with Crippen LogP contribution in [-0.2, 0) is 14.3 Å². The molecule has 2 N–H and O–H groups in total. The third-order valence-electron chi connectivity index (χ3n) is 5.37. The third-order valence-corrected chi connectivity index (χ3v) is 5.37. The molecule has 1 aliphatic heterocycles. The summed E-state index contributed by atoms with van der Waals surface area (Å²) in [5.74, 6) is -0.541. The van der Waals surface area contributed by atoms with Crippen molar-refractivity contribution in [3.8, 4) is 0 Å². The van der Waals surface area contributed by atoms with E-state index in [4.69, 9.17) is 9.47 Å². The van der Waals surface area contributed by atoms with Gasteiger partial charge in [0.15, 0.2) is 0 Å². The molecule has 3 rings (SSSR count). The van der Waals surface area contributed by atoms with Gasteiger partial charge in [-0.1, -0.05) is 19.3 Å². The van der Waals surface area contributed by atoms with Gasteiger partial charge in [-0.25, -0.2) is 0 Å². The number of hydrogen-bond donors (Lipinski definition) is 2. The summed E-state index contributed by atoms with van der Waals surface area (Å²) in [6, 6.07) is 0. The van der Waals surface area contributed by atoms with Crippen molar-refractivity contribution in [1.82, 2.24) is 0 Å². The normalized spacial score (nSPS) is 48.0. The number of carbonyl (C=O) groups excluding carboxylic acids is 1. The lowest BCUT2D eigenvalue weighted by Crippen LogP contribution is -2.84. The van der Waals surface area contributed by atoms with Crippen LogP contribution in [0.3, 0.4) is 0 Å². The van der Waals surface area contributed by atoms with Crippen LogP contribution in [0.2, 0.25) is 0 Å². The molecule has 0 aromatic heterocycles. The van der Waals surface area contributed by atoms with Gasteiger partial charge in [-0.15, -0.1) is 0 Å². The Labute approximate surface area is 119 Å². The van der Waals surface area contributed by atoms with Gasteiger partial charge < -0.3 is 19.7 Å². The van der Waals surface area contributed by atoms with Gasteiger partial charge in [0.25, 0.3) is 0 Å². The van der Waals surface area contributed by atoms with E-state index in [0.29, 0.717) is 13.0 Å². The molecule has 5 heteroatoms. The van der Waals surface area contributed by atoms with E-state index in [0.717, 1.165) is 38.5 Å². The van der Waals surface area contributed by atoms with E-state index in [1.807, 2.05) is 0 Å². The average molecular weight is 284 g/mol. The van der Waals surface area contributed by atoms with Crippen LogP contribution in [0.25, 0.3) is 0 Å². The maximum absolute atomic E-state index is 11.5. The summed E-state index contributed by atoms with van der Waals surface area (Å²) >= 11 is 0. The van der Waals surface area contributed by atoms with Gasteiger partial charge in [0.2, 0.25) is 0 Å². The molecule has 1 heterocycles. The lowest BCUT2D eigenvalue weighted by Gasteiger charge is -2.67. The maximum Gasteiger partial charge on any atom is 0.303 e. The predicted octanol–water partition coefficient (Wildman–Crippen LogP) is 1.15. The molecule has 0 unspecified atom stereocenters. The van der Waals surface area contributed by atoms with E-state index in [1.165, 1.54) is 6.92 Å². The zero-order valence-electron chi connectivity index (χ0n) is 12.0. The number of rotatable bonds is 1. The molecule has 114 valence electrons. The Hall–Kier alpha value is -0.650. The first-order valence-electron chi connectivity index (χ1n) is 7.73. The Morgan fingerprint density at radius 1 is 1.25 bits per heavy atom. The number of aliphatic hydroxyl groups excluding tert-OH is 1. The molecule has 5 nitrogen and oxygen atoms in total. The highest BCUT2D eigenvalue weighted by atomic mass is 16.6. The smallest absolute Gasteiger partial charge is 0.303 e. The van der Waals surface area contributed by atoms with E-state index in [9.17, 15) is 15.0 Å². The van der Waals surface area contributed by atoms with Gasteiger partial charge in [0.1, 0.15) is 17.3 Å². The van der Waals surface area contributed by atoms with Crippen LogP contribution in [0.1, 0.15) is 51.9 Å². The first-order chi connectivity index (χ1) is 9.52. The topological polar surface area (TPSA) is 76.0 Å². The summed E-state index contributed by atoms with van der Waals surface area (Å²) in [6.07, 6.45) is 4.79. The van der Waals surface area contributed by atoms with Crippen LogP contribution in [0.5, 0.6) is 0 Å². The maximum atomic E-state index is 11.5. The number of fused-ring (bicyclic) bond motifs is 4. The van der Waals surface area contributed by atoms with Crippen molar-refractivity contribution < 1.29 is 24.5 Å². The van der Waals surface area contributed by atoms with Gasteiger partial charge in [-0.2, -0.15) is 0 Å². The highest BCUT2D eigenvalue weighted by Crippen LogP contribution is 2.60. The van der Waals surface area contributed by atoms with Crippen LogP contribution < -0.4 is 0 Å². The van der Waals surface area contributed by atoms with Gasteiger partial charge in [0, 0.05) is 19.4 Å². The lowest BCUT2D eigenvalue weighted by molar-refractivity contribution is -0.376. The minimum atomic E-state index is -1.25. The second-order valence-electron chi connectivity index (χ2n) is 6.50. The van der Waals surface area contributed by atoms with Crippen molar-refractivity contribution in [3.63, 3.8) is 0 Å². The summed E-state index contributed by atoms with van der Waals surface area (Å²) in [6.45, 7) is 1.81. The minimum Gasteiger partial charge on any atom is -0.456 e. The second kappa shape index (κ2) is 4.97. The zero-order chi connectivity index (χ0) is 14.4. The number of esters is 1. The Bertz CT molecular complexity index is 398. The fourth-order valence-corrected chi connectivity index (χ4v) is 4.59. The summed E-state index contributed by atoms with van der Waals surface area (Å²) in [7, 11) is 0. The molecule has 0 spiro atoms. The fourth-order valence-electron chi connectivity index (χ4n) is 4.59. The molecule has 3 aliphatic rings. The number of carbonyl (C=O) groups is 1. The van der Waals surface area contributed by atoms with Crippen molar-refractivity contribution in [2.45, 2.75) is 75.3 Å². The van der Waals surface area contributed by atoms with Crippen molar-refractivity contribution >= 4 is 5.97 Å². The molecule has 2 aliphatic carbocycles. The molecule has 0 amide bonds. The van der Waals surface area contributed by atoms with Crippen LogP contribution in [0, 0.1) is 5.92 Å². The molecule has 0 aromatic carbocycles. The van der Waals surface area contributed by atoms with Crippen molar-refractivity contribution in [2.24, 2.45) is 5.92 Å². The number of ether oxygens (including phenoxy) is 2. The van der Waals surface area contributed by atoms with E-state index in [2.05, 4.69) is 0 Å². The van der Waals surface area contributed by atoms with E-state index in [1.54, 1.807) is 0 Å². The summed E-state index contributed by atoms with van der Waals surface area (Å²) in [5.41, 5.74) is -1.98. The predicted molar refractivity (Wildman–Crippen MR) is 71.0 cm³/mol. The quantitative estimate of drug-likeness (QED) is 0.707. The lowest BCUT2D eigenvalue weighted by atomic mass is 9.49. The third kappa shape index (κ3) is 1.83. The van der Waals surface area contributed by atoms with Crippen LogP contribution >= 0.6 is 0 Å². The SMILES string of the molecule is CC(=O)O[C@]12CCCCCC[C@@H]1[C@@]1(O)[C@H](O)CCO[C@H]21. The fraction of sp³-hybridized carbons (Fsp3) is 0.933. The summed E-state index contributed by atoms with van der Waals surface area (Å²) in [4.78, 5) is 11.5. The second-order valence-corrected chi connectivity index (χ2v) is 6.50. The highest BCUT2D eigenvalue weighted by Gasteiger charge is 2.76. The van der Waals surface area contributed by atoms with Gasteiger partial charge in [-0.05, 0) is 25.7 Å².